The van der Waals surface area contributed by atoms with Gasteiger partial charge in [-0.1, -0.05) is 0 Å². The molecule has 1 heterocycles. The monoisotopic (exact) mass is 288 g/mol. The lowest BCUT2D eigenvalue weighted by Gasteiger charge is -2.16. The number of anilines is 1. The average molecular weight is 288 g/mol. The Hall–Kier alpha value is -1.18. The molecule has 19 heavy (non-hydrogen) atoms. The van der Waals surface area contributed by atoms with Gasteiger partial charge in [0.15, 0.2) is 5.00 Å². The summed E-state index contributed by atoms with van der Waals surface area (Å²) in [6.45, 7) is 2.47. The van der Waals surface area contributed by atoms with Crippen molar-refractivity contribution >= 4 is 22.0 Å². The van der Waals surface area contributed by atoms with Crippen LogP contribution in [0.1, 0.15) is 37.2 Å². The van der Waals surface area contributed by atoms with Gasteiger partial charge < -0.3 is 15.1 Å². The number of aliphatic hydroxyl groups is 2. The van der Waals surface area contributed by atoms with Gasteiger partial charge in [-0.15, -0.1) is 11.3 Å². The Morgan fingerprint density at radius 3 is 2.68 bits per heavy atom. The summed E-state index contributed by atoms with van der Waals surface area (Å²) in [6.07, 6.45) is 1.82. The zero-order valence-electron chi connectivity index (χ0n) is 11.2. The zero-order chi connectivity index (χ0) is 14.4. The molecule has 1 rings (SSSR count). The maximum Gasteiger partial charge on any atom is 0.304 e. The Labute approximate surface area is 116 Å². The first-order valence-electron chi connectivity index (χ1n) is 6.25. The number of nitro groups is 1. The molecule has 0 unspecified atom stereocenters. The number of hydrogen-bond acceptors (Lipinski definition) is 6. The lowest BCUT2D eigenvalue weighted by Crippen LogP contribution is -2.18. The quantitative estimate of drug-likeness (QED) is 0.435. The predicted octanol–water partition coefficient (Wildman–Crippen LogP) is 2.31. The number of unbranched alkanes of at least 4 members (excludes halogenated alkanes) is 2. The molecule has 0 aliphatic heterocycles. The normalized spacial score (nSPS) is 12.4. The predicted molar refractivity (Wildman–Crippen MR) is 75.8 cm³/mol. The molecule has 0 saturated carbocycles. The molecule has 0 spiro atoms. The summed E-state index contributed by atoms with van der Waals surface area (Å²) in [4.78, 5) is 13.0. The molecule has 0 amide bonds. The first kappa shape index (κ1) is 15.9. The minimum Gasteiger partial charge on any atom is -0.396 e. The molecule has 0 aliphatic carbocycles. The zero-order valence-corrected chi connectivity index (χ0v) is 12.0. The summed E-state index contributed by atoms with van der Waals surface area (Å²) >= 11 is 1.25. The molecule has 1 atom stereocenters. The van der Waals surface area contributed by atoms with E-state index in [-0.39, 0.29) is 12.3 Å². The molecular formula is C12H20N2O4S. The fourth-order valence-electron chi connectivity index (χ4n) is 1.74. The molecule has 108 valence electrons. The number of hydrogen-bond donors (Lipinski definition) is 2. The second-order valence-electron chi connectivity index (χ2n) is 4.48. The van der Waals surface area contributed by atoms with Crippen molar-refractivity contribution in [1.29, 1.82) is 0 Å². The first-order valence-corrected chi connectivity index (χ1v) is 7.07. The van der Waals surface area contributed by atoms with E-state index in [0.29, 0.717) is 16.4 Å². The molecule has 7 heteroatoms. The average Bonchev–Trinajstić information content (AvgIpc) is 2.79. The van der Waals surface area contributed by atoms with Crippen LogP contribution in [0.5, 0.6) is 0 Å². The Morgan fingerprint density at radius 2 is 2.16 bits per heavy atom. The molecule has 0 radical (unpaired) electrons. The molecule has 0 aliphatic rings. The van der Waals surface area contributed by atoms with Crippen LogP contribution in [0, 0.1) is 10.1 Å². The van der Waals surface area contributed by atoms with E-state index in [1.54, 1.807) is 6.92 Å². The van der Waals surface area contributed by atoms with E-state index in [9.17, 15) is 15.2 Å². The number of aliphatic hydroxyl groups excluding tert-OH is 2. The standard InChI is InChI=1S/C12H20N2O4S/c1-9(16)11-8-10(14(17)18)12(19-11)13(2)6-4-3-5-7-15/h8-9,15-16H,3-7H2,1-2H3/t9-/m1/s1. The molecule has 6 nitrogen and oxygen atoms in total. The fourth-order valence-corrected chi connectivity index (χ4v) is 2.79. The third-order valence-electron chi connectivity index (χ3n) is 2.82. The van der Waals surface area contributed by atoms with Crippen molar-refractivity contribution in [2.45, 2.75) is 32.3 Å². The van der Waals surface area contributed by atoms with E-state index in [1.807, 2.05) is 11.9 Å². The van der Waals surface area contributed by atoms with Crippen molar-refractivity contribution in [3.8, 4) is 0 Å². The van der Waals surface area contributed by atoms with Crippen LogP contribution in [0.25, 0.3) is 0 Å². The molecule has 0 bridgehead atoms. The van der Waals surface area contributed by atoms with E-state index in [2.05, 4.69) is 0 Å². The largest absolute Gasteiger partial charge is 0.396 e. The van der Waals surface area contributed by atoms with Crippen molar-refractivity contribution in [2.24, 2.45) is 0 Å². The van der Waals surface area contributed by atoms with Gasteiger partial charge in [0, 0.05) is 31.1 Å². The van der Waals surface area contributed by atoms with E-state index < -0.39 is 11.0 Å². The summed E-state index contributed by atoms with van der Waals surface area (Å²) < 4.78 is 0. The van der Waals surface area contributed by atoms with Crippen LogP contribution in [-0.2, 0) is 0 Å². The Bertz CT molecular complexity index is 420. The van der Waals surface area contributed by atoms with Crippen LogP contribution in [0.4, 0.5) is 10.7 Å². The van der Waals surface area contributed by atoms with E-state index in [1.165, 1.54) is 17.4 Å². The van der Waals surface area contributed by atoms with E-state index in [0.717, 1.165) is 19.3 Å². The van der Waals surface area contributed by atoms with Gasteiger partial charge in [0.2, 0.25) is 0 Å². The summed E-state index contributed by atoms with van der Waals surface area (Å²) in [7, 11) is 1.81. The Morgan fingerprint density at radius 1 is 1.47 bits per heavy atom. The van der Waals surface area contributed by atoms with Crippen LogP contribution in [0.15, 0.2) is 6.07 Å². The Balaban J connectivity index is 2.76. The van der Waals surface area contributed by atoms with Crippen LogP contribution >= 0.6 is 11.3 Å². The van der Waals surface area contributed by atoms with Crippen LogP contribution in [0.3, 0.4) is 0 Å². The van der Waals surface area contributed by atoms with Gasteiger partial charge in [-0.25, -0.2) is 0 Å². The van der Waals surface area contributed by atoms with Crippen molar-refractivity contribution in [1.82, 2.24) is 0 Å². The number of thiophene rings is 1. The smallest absolute Gasteiger partial charge is 0.304 e. The van der Waals surface area contributed by atoms with Gasteiger partial charge in [0.25, 0.3) is 0 Å². The topological polar surface area (TPSA) is 86.8 Å². The van der Waals surface area contributed by atoms with Crippen molar-refractivity contribution in [3.05, 3.63) is 21.1 Å². The molecule has 0 saturated heterocycles. The van der Waals surface area contributed by atoms with Crippen molar-refractivity contribution in [2.75, 3.05) is 25.1 Å². The van der Waals surface area contributed by atoms with Crippen LogP contribution in [-0.4, -0.2) is 35.3 Å². The van der Waals surface area contributed by atoms with Gasteiger partial charge in [-0.3, -0.25) is 10.1 Å². The summed E-state index contributed by atoms with van der Waals surface area (Å²) in [5, 5.41) is 29.8. The summed E-state index contributed by atoms with van der Waals surface area (Å²) in [5.74, 6) is 0. The SMILES string of the molecule is C[C@@H](O)c1cc([N+](=O)[O-])c(N(C)CCCCCO)s1. The van der Waals surface area contributed by atoms with Gasteiger partial charge in [-0.2, -0.15) is 0 Å². The van der Waals surface area contributed by atoms with E-state index >= 15 is 0 Å². The van der Waals surface area contributed by atoms with Crippen LogP contribution in [0.2, 0.25) is 0 Å². The second kappa shape index (κ2) is 7.42. The number of nitrogens with zero attached hydrogens (tertiary/aromatic N) is 2. The van der Waals surface area contributed by atoms with E-state index in [4.69, 9.17) is 5.11 Å². The molecular weight excluding hydrogens is 268 g/mol. The van der Waals surface area contributed by atoms with Gasteiger partial charge in [0.05, 0.1) is 11.0 Å². The maximum absolute atomic E-state index is 11.0. The van der Waals surface area contributed by atoms with Crippen LogP contribution < -0.4 is 4.90 Å². The highest BCUT2D eigenvalue weighted by atomic mass is 32.1. The lowest BCUT2D eigenvalue weighted by atomic mass is 10.2. The third-order valence-corrected chi connectivity index (χ3v) is 4.23. The lowest BCUT2D eigenvalue weighted by molar-refractivity contribution is -0.383. The highest BCUT2D eigenvalue weighted by Crippen LogP contribution is 2.39. The minimum atomic E-state index is -0.694. The van der Waals surface area contributed by atoms with Gasteiger partial charge in [0.1, 0.15) is 0 Å². The van der Waals surface area contributed by atoms with Crippen molar-refractivity contribution < 1.29 is 15.1 Å². The molecule has 0 fully saturated rings. The summed E-state index contributed by atoms with van der Waals surface area (Å²) in [5.41, 5.74) is 0.0468. The minimum absolute atomic E-state index is 0.0468. The number of rotatable bonds is 8. The first-order chi connectivity index (χ1) is 8.97. The van der Waals surface area contributed by atoms with Gasteiger partial charge >= 0.3 is 5.69 Å². The summed E-state index contributed by atoms with van der Waals surface area (Å²) in [6, 6.07) is 1.44. The fraction of sp³-hybridized carbons (Fsp3) is 0.667. The molecule has 1 aromatic rings. The molecule has 2 N–H and O–H groups in total. The Kier molecular flexibility index (Phi) is 6.20. The van der Waals surface area contributed by atoms with Crippen molar-refractivity contribution in [3.63, 3.8) is 0 Å². The third kappa shape index (κ3) is 4.45. The van der Waals surface area contributed by atoms with Gasteiger partial charge in [-0.05, 0) is 26.2 Å². The molecule has 0 aromatic carbocycles. The second-order valence-corrected chi connectivity index (χ2v) is 5.54. The highest BCUT2D eigenvalue weighted by Gasteiger charge is 2.23. The highest BCUT2D eigenvalue weighted by molar-refractivity contribution is 7.16. The maximum atomic E-state index is 11.0. The molecule has 1 aromatic heterocycles.